The third-order valence-corrected chi connectivity index (χ3v) is 8.35. The molecule has 43 heavy (non-hydrogen) atoms. The van der Waals surface area contributed by atoms with Gasteiger partial charge in [0.05, 0.1) is 19.3 Å². The Bertz CT molecular complexity index is 1660. The van der Waals surface area contributed by atoms with Gasteiger partial charge >= 0.3 is 5.97 Å². The van der Waals surface area contributed by atoms with Crippen LogP contribution in [0.3, 0.4) is 0 Å². The highest BCUT2D eigenvalue weighted by Gasteiger charge is 2.47. The van der Waals surface area contributed by atoms with E-state index < -0.39 is 11.6 Å². The van der Waals surface area contributed by atoms with E-state index in [1.165, 1.54) is 19.4 Å². The summed E-state index contributed by atoms with van der Waals surface area (Å²) in [6.45, 7) is 6.88. The van der Waals surface area contributed by atoms with Crippen LogP contribution in [-0.2, 0) is 16.1 Å². The Morgan fingerprint density at radius 1 is 1.07 bits per heavy atom. The van der Waals surface area contributed by atoms with Crippen LogP contribution in [0.4, 0.5) is 5.69 Å². The van der Waals surface area contributed by atoms with E-state index in [0.29, 0.717) is 43.6 Å². The predicted octanol–water partition coefficient (Wildman–Crippen LogP) is 6.46. The van der Waals surface area contributed by atoms with Gasteiger partial charge in [-0.2, -0.15) is 5.10 Å². The van der Waals surface area contributed by atoms with Crippen LogP contribution in [0.2, 0.25) is 0 Å². The minimum absolute atomic E-state index is 0.140. The molecule has 8 nitrogen and oxygen atoms in total. The van der Waals surface area contributed by atoms with Crippen LogP contribution >= 0.6 is 0 Å². The first-order valence-corrected chi connectivity index (χ1v) is 14.9. The van der Waals surface area contributed by atoms with E-state index in [9.17, 15) is 14.7 Å². The molecule has 1 N–H and O–H groups in total. The van der Waals surface area contributed by atoms with E-state index in [1.807, 2.05) is 77.4 Å². The molecule has 8 heteroatoms. The molecule has 1 aliphatic carbocycles. The van der Waals surface area contributed by atoms with Crippen molar-refractivity contribution < 1.29 is 24.2 Å². The lowest BCUT2D eigenvalue weighted by atomic mass is 9.92. The molecule has 2 unspecified atom stereocenters. The van der Waals surface area contributed by atoms with Crippen molar-refractivity contribution in [3.63, 3.8) is 0 Å². The zero-order valence-corrected chi connectivity index (χ0v) is 24.8. The fourth-order valence-corrected chi connectivity index (χ4v) is 5.88. The van der Waals surface area contributed by atoms with Gasteiger partial charge in [-0.15, -0.1) is 0 Å². The van der Waals surface area contributed by atoms with Crippen molar-refractivity contribution in [1.29, 1.82) is 0 Å². The number of hydrogen-bond donors (Lipinski definition) is 1. The fourth-order valence-electron chi connectivity index (χ4n) is 5.88. The molecule has 0 radical (unpaired) electrons. The molecule has 4 aromatic rings. The highest BCUT2D eigenvalue weighted by molar-refractivity contribution is 5.97. The first-order chi connectivity index (χ1) is 20.7. The second kappa shape index (κ2) is 11.6. The van der Waals surface area contributed by atoms with Gasteiger partial charge in [0.1, 0.15) is 11.5 Å². The molecule has 0 saturated heterocycles. The Morgan fingerprint density at radius 2 is 1.88 bits per heavy atom. The molecule has 2 atom stereocenters. The molecule has 1 amide bonds. The van der Waals surface area contributed by atoms with Crippen molar-refractivity contribution in [3.8, 4) is 22.6 Å². The molecular weight excluding hydrogens is 542 g/mol. The molecule has 2 heterocycles. The fraction of sp³-hybridized carbons (Fsp3) is 0.343. The lowest BCUT2D eigenvalue weighted by Gasteiger charge is -2.30. The number of nitrogens with zero attached hydrogens (tertiary/aromatic N) is 3. The molecule has 0 spiro atoms. The average molecular weight is 580 g/mol. The van der Waals surface area contributed by atoms with Crippen LogP contribution in [0.15, 0.2) is 79.1 Å². The highest BCUT2D eigenvalue weighted by Crippen LogP contribution is 2.57. The Morgan fingerprint density at radius 3 is 2.70 bits per heavy atom. The molecular formula is C35H37N3O5. The van der Waals surface area contributed by atoms with Gasteiger partial charge in [-0.1, -0.05) is 42.5 Å². The number of amides is 1. The summed E-state index contributed by atoms with van der Waals surface area (Å²) in [6, 6.07) is 21.6. The van der Waals surface area contributed by atoms with Crippen molar-refractivity contribution in [2.45, 2.75) is 58.1 Å². The van der Waals surface area contributed by atoms with Gasteiger partial charge in [-0.05, 0) is 92.0 Å². The van der Waals surface area contributed by atoms with E-state index in [1.54, 1.807) is 6.07 Å². The number of anilines is 1. The minimum atomic E-state index is -1.32. The number of fused-ring (bicyclic) bond motifs is 3. The van der Waals surface area contributed by atoms with Crippen molar-refractivity contribution >= 4 is 17.6 Å². The number of carboxylic acid groups (broad SMARTS) is 1. The zero-order valence-electron chi connectivity index (χ0n) is 24.8. The number of hydrogen-bond acceptors (Lipinski definition) is 5. The number of carboxylic acids is 1. The molecule has 2 aliphatic rings. The largest absolute Gasteiger partial charge is 0.493 e. The van der Waals surface area contributed by atoms with Gasteiger partial charge in [-0.25, -0.2) is 4.79 Å². The number of aliphatic carboxylic acids is 1. The van der Waals surface area contributed by atoms with Crippen LogP contribution in [0.5, 0.6) is 11.5 Å². The second-order valence-electron chi connectivity index (χ2n) is 12.1. The SMILES string of the molecule is Cc1ccccc1OCCCC(=O)N1CC2CC2c2c(-c3cnn(Cc4cccc(OC(C)(C)C(=O)O)c4)c3)cccc21. The summed E-state index contributed by atoms with van der Waals surface area (Å²) in [5.74, 6) is 1.45. The second-order valence-corrected chi connectivity index (χ2v) is 12.1. The minimum Gasteiger partial charge on any atom is -0.493 e. The first-order valence-electron chi connectivity index (χ1n) is 14.9. The number of carbonyl (C=O) groups is 2. The van der Waals surface area contributed by atoms with Crippen LogP contribution in [0, 0.1) is 12.8 Å². The van der Waals surface area contributed by atoms with Gasteiger partial charge in [0.25, 0.3) is 0 Å². The number of rotatable bonds is 11. The predicted molar refractivity (Wildman–Crippen MR) is 165 cm³/mol. The summed E-state index contributed by atoms with van der Waals surface area (Å²) in [6.07, 6.45) is 6.12. The van der Waals surface area contributed by atoms with Gasteiger partial charge in [-0.3, -0.25) is 9.48 Å². The monoisotopic (exact) mass is 579 g/mol. The Balaban J connectivity index is 1.15. The number of ether oxygens (including phenoxy) is 2. The molecule has 0 bridgehead atoms. The molecule has 1 aliphatic heterocycles. The maximum Gasteiger partial charge on any atom is 0.347 e. The lowest BCUT2D eigenvalue weighted by molar-refractivity contribution is -0.152. The summed E-state index contributed by atoms with van der Waals surface area (Å²) < 4.78 is 13.5. The van der Waals surface area contributed by atoms with Crippen molar-refractivity contribution in [2.24, 2.45) is 5.92 Å². The maximum absolute atomic E-state index is 13.4. The van der Waals surface area contributed by atoms with Gasteiger partial charge in [0, 0.05) is 30.4 Å². The average Bonchev–Trinajstić information content (AvgIpc) is 3.63. The summed E-state index contributed by atoms with van der Waals surface area (Å²) in [5.41, 5.74) is 5.12. The standard InChI is InChI=1S/C35H37N3O5/c1-23-9-4-5-14-31(23)42-16-8-15-32(39)38-22-25-18-29(25)33-28(12-7-13-30(33)38)26-19-36-37(21-26)20-24-10-6-11-27(17-24)43-35(2,3)34(40)41/h4-7,9-14,17,19,21,25,29H,8,15-16,18,20,22H2,1-3H3,(H,40,41). The van der Waals surface area contributed by atoms with E-state index >= 15 is 0 Å². The van der Waals surface area contributed by atoms with Gasteiger partial charge in [0.15, 0.2) is 5.60 Å². The molecule has 1 fully saturated rings. The van der Waals surface area contributed by atoms with E-state index in [2.05, 4.69) is 17.2 Å². The van der Waals surface area contributed by atoms with Gasteiger partial charge in [0.2, 0.25) is 5.91 Å². The van der Waals surface area contributed by atoms with Crippen LogP contribution < -0.4 is 14.4 Å². The van der Waals surface area contributed by atoms with E-state index in [0.717, 1.165) is 46.7 Å². The smallest absolute Gasteiger partial charge is 0.347 e. The van der Waals surface area contributed by atoms with Crippen molar-refractivity contribution in [1.82, 2.24) is 9.78 Å². The number of para-hydroxylation sites is 1. The molecule has 3 aromatic carbocycles. The van der Waals surface area contributed by atoms with Crippen molar-refractivity contribution in [2.75, 3.05) is 18.1 Å². The Kier molecular flexibility index (Phi) is 7.69. The highest BCUT2D eigenvalue weighted by atomic mass is 16.5. The zero-order chi connectivity index (χ0) is 30.1. The molecule has 1 saturated carbocycles. The number of aryl methyl sites for hydroxylation is 1. The summed E-state index contributed by atoms with van der Waals surface area (Å²) in [4.78, 5) is 26.9. The van der Waals surface area contributed by atoms with Crippen LogP contribution in [-0.4, -0.2) is 45.5 Å². The molecule has 1 aromatic heterocycles. The molecule has 6 rings (SSSR count). The Hall–Kier alpha value is -4.59. The summed E-state index contributed by atoms with van der Waals surface area (Å²) >= 11 is 0. The Labute approximate surface area is 251 Å². The quantitative estimate of drug-likeness (QED) is 0.205. The van der Waals surface area contributed by atoms with Crippen LogP contribution in [0.1, 0.15) is 55.7 Å². The third kappa shape index (κ3) is 6.14. The normalized spacial score (nSPS) is 17.1. The maximum atomic E-state index is 13.4. The number of carbonyl (C=O) groups excluding carboxylic acids is 1. The van der Waals surface area contributed by atoms with Crippen LogP contribution in [0.25, 0.3) is 11.1 Å². The lowest BCUT2D eigenvalue weighted by Crippen LogP contribution is -2.37. The number of aromatic nitrogens is 2. The summed E-state index contributed by atoms with van der Waals surface area (Å²) in [5, 5.41) is 14.0. The molecule has 222 valence electrons. The van der Waals surface area contributed by atoms with Gasteiger partial charge < -0.3 is 19.5 Å². The van der Waals surface area contributed by atoms with Crippen molar-refractivity contribution in [3.05, 3.63) is 95.8 Å². The third-order valence-electron chi connectivity index (χ3n) is 8.35. The topological polar surface area (TPSA) is 93.9 Å². The summed E-state index contributed by atoms with van der Waals surface area (Å²) in [7, 11) is 0. The van der Waals surface area contributed by atoms with E-state index in [4.69, 9.17) is 9.47 Å². The first kappa shape index (κ1) is 28.5. The number of benzene rings is 3. The van der Waals surface area contributed by atoms with E-state index in [-0.39, 0.29) is 5.91 Å².